The zero-order chi connectivity index (χ0) is 18.3. The normalized spacial score (nSPS) is 21.4. The van der Waals surface area contributed by atoms with E-state index in [4.69, 9.17) is 0 Å². The Hall–Kier alpha value is -3.55. The molecule has 26 heavy (non-hydrogen) atoms. The van der Waals surface area contributed by atoms with Crippen LogP contribution in [-0.4, -0.2) is 33.5 Å². The van der Waals surface area contributed by atoms with Crippen LogP contribution in [0.4, 0.5) is 5.69 Å². The number of non-ortho nitro benzene ring substituents is 1. The Bertz CT molecular complexity index is 924. The van der Waals surface area contributed by atoms with E-state index in [2.05, 4.69) is 10.4 Å². The highest BCUT2D eigenvalue weighted by molar-refractivity contribution is 6.23. The molecule has 2 aromatic carbocycles. The maximum atomic E-state index is 12.3. The molecule has 0 spiro atoms. The van der Waals surface area contributed by atoms with Crippen molar-refractivity contribution in [3.63, 3.8) is 0 Å². The van der Waals surface area contributed by atoms with Crippen LogP contribution in [0, 0.1) is 16.0 Å². The molecule has 8 heteroatoms. The summed E-state index contributed by atoms with van der Waals surface area (Å²) in [4.78, 5) is 34.9. The molecule has 2 amide bonds. The smallest absolute Gasteiger partial charge is 0.269 e. The minimum atomic E-state index is -0.715. The van der Waals surface area contributed by atoms with E-state index in [1.54, 1.807) is 17.1 Å². The van der Waals surface area contributed by atoms with Crippen molar-refractivity contribution in [3.05, 3.63) is 75.8 Å². The first kappa shape index (κ1) is 15.9. The molecule has 1 fully saturated rings. The summed E-state index contributed by atoms with van der Waals surface area (Å²) in [5.41, 5.74) is 1.96. The maximum Gasteiger partial charge on any atom is 0.269 e. The molecular weight excluding hydrogens is 336 g/mol. The number of imide groups is 1. The summed E-state index contributed by atoms with van der Waals surface area (Å²) in [7, 11) is 0. The van der Waals surface area contributed by atoms with Gasteiger partial charge in [-0.25, -0.2) is 0 Å². The van der Waals surface area contributed by atoms with Gasteiger partial charge in [-0.15, -0.1) is 0 Å². The molecule has 4 rings (SSSR count). The van der Waals surface area contributed by atoms with Gasteiger partial charge in [0.2, 0.25) is 5.91 Å². The summed E-state index contributed by atoms with van der Waals surface area (Å²) in [5.74, 6) is -1.49. The van der Waals surface area contributed by atoms with Crippen LogP contribution in [0.25, 0.3) is 0 Å². The third-order valence-corrected chi connectivity index (χ3v) is 4.53. The van der Waals surface area contributed by atoms with Gasteiger partial charge in [0.25, 0.3) is 11.6 Å². The van der Waals surface area contributed by atoms with E-state index < -0.39 is 22.8 Å². The van der Waals surface area contributed by atoms with Crippen LogP contribution in [0.5, 0.6) is 0 Å². The van der Waals surface area contributed by atoms with E-state index in [1.165, 1.54) is 12.1 Å². The van der Waals surface area contributed by atoms with Crippen molar-refractivity contribution in [2.45, 2.75) is 12.6 Å². The lowest BCUT2D eigenvalue weighted by molar-refractivity contribution is -0.384. The van der Waals surface area contributed by atoms with Crippen LogP contribution in [0.2, 0.25) is 0 Å². The molecular formula is C18H14N4O4. The van der Waals surface area contributed by atoms with Crippen molar-refractivity contribution < 1.29 is 14.5 Å². The average molecular weight is 350 g/mol. The predicted molar refractivity (Wildman–Crippen MR) is 92.0 cm³/mol. The van der Waals surface area contributed by atoms with Crippen LogP contribution in [-0.2, 0) is 16.1 Å². The van der Waals surface area contributed by atoms with Gasteiger partial charge >= 0.3 is 0 Å². The van der Waals surface area contributed by atoms with Crippen LogP contribution in [0.1, 0.15) is 11.1 Å². The quantitative estimate of drug-likeness (QED) is 0.510. The Morgan fingerprint density at radius 2 is 1.73 bits per heavy atom. The molecule has 0 aliphatic carbocycles. The number of hydrogen-bond acceptors (Lipinski definition) is 6. The minimum Gasteiger partial charge on any atom is -0.294 e. The van der Waals surface area contributed by atoms with Gasteiger partial charge in [0, 0.05) is 12.1 Å². The number of carbonyl (C=O) groups is 2. The molecule has 0 bridgehead atoms. The van der Waals surface area contributed by atoms with Gasteiger partial charge in [-0.2, -0.15) is 5.10 Å². The Labute approximate surface area is 148 Å². The summed E-state index contributed by atoms with van der Waals surface area (Å²) in [6.45, 7) is 0.388. The first-order chi connectivity index (χ1) is 12.5. The molecule has 0 saturated carbocycles. The number of hydrazone groups is 1. The second-order valence-electron chi connectivity index (χ2n) is 6.15. The van der Waals surface area contributed by atoms with Gasteiger partial charge in [0.1, 0.15) is 12.0 Å². The van der Waals surface area contributed by atoms with E-state index >= 15 is 0 Å². The van der Waals surface area contributed by atoms with Crippen LogP contribution in [0.15, 0.2) is 59.7 Å². The summed E-state index contributed by atoms with van der Waals surface area (Å²) in [6, 6.07) is 14.6. The van der Waals surface area contributed by atoms with Gasteiger partial charge in [-0.05, 0) is 23.3 Å². The summed E-state index contributed by atoms with van der Waals surface area (Å²) >= 11 is 0. The Kier molecular flexibility index (Phi) is 3.72. The van der Waals surface area contributed by atoms with E-state index in [0.29, 0.717) is 17.8 Å². The molecule has 2 aliphatic rings. The number of benzene rings is 2. The van der Waals surface area contributed by atoms with Crippen molar-refractivity contribution >= 4 is 23.2 Å². The Morgan fingerprint density at radius 1 is 1.04 bits per heavy atom. The number of nitrogens with one attached hydrogen (secondary N) is 1. The molecule has 2 heterocycles. The monoisotopic (exact) mass is 350 g/mol. The highest BCUT2D eigenvalue weighted by Gasteiger charge is 2.52. The number of fused-ring (bicyclic) bond motifs is 1. The number of amides is 2. The SMILES string of the molecule is O=C1NC(=O)C2C1C(c1ccc([N+](=O)[O-])cc1)=NN2Cc1ccccc1. The van der Waals surface area contributed by atoms with Crippen LogP contribution >= 0.6 is 0 Å². The first-order valence-corrected chi connectivity index (χ1v) is 8.03. The molecule has 2 unspecified atom stereocenters. The van der Waals surface area contributed by atoms with Gasteiger partial charge in [0.05, 0.1) is 17.2 Å². The maximum absolute atomic E-state index is 12.3. The van der Waals surface area contributed by atoms with Crippen LogP contribution in [0.3, 0.4) is 0 Å². The molecule has 1 saturated heterocycles. The van der Waals surface area contributed by atoms with Crippen LogP contribution < -0.4 is 5.32 Å². The van der Waals surface area contributed by atoms with E-state index in [-0.39, 0.29) is 11.6 Å². The molecule has 8 nitrogen and oxygen atoms in total. The topological polar surface area (TPSA) is 105 Å². The zero-order valence-corrected chi connectivity index (χ0v) is 13.5. The fourth-order valence-electron chi connectivity index (χ4n) is 3.31. The molecule has 2 aromatic rings. The number of nitrogens with zero attached hydrogens (tertiary/aromatic N) is 3. The molecule has 2 atom stereocenters. The zero-order valence-electron chi connectivity index (χ0n) is 13.5. The molecule has 130 valence electrons. The average Bonchev–Trinajstić information content (AvgIpc) is 3.15. The Balaban J connectivity index is 1.70. The highest BCUT2D eigenvalue weighted by Crippen LogP contribution is 2.32. The second-order valence-corrected chi connectivity index (χ2v) is 6.15. The third kappa shape index (κ3) is 2.61. The van der Waals surface area contributed by atoms with E-state index in [0.717, 1.165) is 5.56 Å². The summed E-state index contributed by atoms with van der Waals surface area (Å²) < 4.78 is 0. The fourth-order valence-corrected chi connectivity index (χ4v) is 3.31. The fraction of sp³-hybridized carbons (Fsp3) is 0.167. The highest BCUT2D eigenvalue weighted by atomic mass is 16.6. The van der Waals surface area contributed by atoms with Crippen molar-refractivity contribution in [1.82, 2.24) is 10.3 Å². The Morgan fingerprint density at radius 3 is 2.38 bits per heavy atom. The van der Waals surface area contributed by atoms with E-state index in [9.17, 15) is 19.7 Å². The predicted octanol–water partition coefficient (Wildman–Crippen LogP) is 1.46. The van der Waals surface area contributed by atoms with Crippen molar-refractivity contribution in [2.75, 3.05) is 0 Å². The van der Waals surface area contributed by atoms with Gasteiger partial charge < -0.3 is 0 Å². The van der Waals surface area contributed by atoms with Gasteiger partial charge in [-0.1, -0.05) is 30.3 Å². The lowest BCUT2D eigenvalue weighted by atomic mass is 9.93. The van der Waals surface area contributed by atoms with Crippen molar-refractivity contribution in [2.24, 2.45) is 11.0 Å². The molecule has 0 aromatic heterocycles. The van der Waals surface area contributed by atoms with Gasteiger partial charge in [0.15, 0.2) is 0 Å². The minimum absolute atomic E-state index is 0.0445. The third-order valence-electron chi connectivity index (χ3n) is 4.53. The number of nitro groups is 1. The second kappa shape index (κ2) is 6.07. The van der Waals surface area contributed by atoms with Crippen molar-refractivity contribution in [3.8, 4) is 0 Å². The number of hydrogen-bond donors (Lipinski definition) is 1. The molecule has 0 radical (unpaired) electrons. The number of carbonyl (C=O) groups excluding carboxylic acids is 2. The lowest BCUT2D eigenvalue weighted by Gasteiger charge is -2.20. The summed E-state index contributed by atoms with van der Waals surface area (Å²) in [5, 5.41) is 19.3. The number of nitro benzene ring substituents is 1. The molecule has 1 N–H and O–H groups in total. The van der Waals surface area contributed by atoms with Crippen molar-refractivity contribution in [1.29, 1.82) is 0 Å². The van der Waals surface area contributed by atoms with Gasteiger partial charge in [-0.3, -0.25) is 30.0 Å². The first-order valence-electron chi connectivity index (χ1n) is 8.03. The van der Waals surface area contributed by atoms with E-state index in [1.807, 2.05) is 30.3 Å². The standard InChI is InChI=1S/C18H14N4O4/c23-17-14-15(12-6-8-13(9-7-12)22(25)26)20-21(16(14)18(24)19-17)10-11-4-2-1-3-5-11/h1-9,14,16H,10H2,(H,19,23,24). The summed E-state index contributed by atoms with van der Waals surface area (Å²) in [6.07, 6.45) is 0. The molecule has 2 aliphatic heterocycles. The largest absolute Gasteiger partial charge is 0.294 e. The number of rotatable bonds is 4. The lowest BCUT2D eigenvalue weighted by Crippen LogP contribution is -2.37.